The molecule has 0 bridgehead atoms. The summed E-state index contributed by atoms with van der Waals surface area (Å²) >= 11 is 0. The van der Waals surface area contributed by atoms with Gasteiger partial charge in [-0.25, -0.2) is 0 Å². The Balaban J connectivity index is 2.04. The summed E-state index contributed by atoms with van der Waals surface area (Å²) in [5.74, 6) is 0. The SMILES string of the molecule is NCC1(c2ccccc2C2(O)CC2)CCCCC1. The summed E-state index contributed by atoms with van der Waals surface area (Å²) in [6, 6.07) is 8.44. The van der Waals surface area contributed by atoms with Crippen LogP contribution in [0.5, 0.6) is 0 Å². The van der Waals surface area contributed by atoms with Gasteiger partial charge in [0.05, 0.1) is 5.60 Å². The summed E-state index contributed by atoms with van der Waals surface area (Å²) in [5.41, 5.74) is 8.17. The lowest BCUT2D eigenvalue weighted by Crippen LogP contribution is -2.38. The fourth-order valence-corrected chi connectivity index (χ4v) is 3.55. The Kier molecular flexibility index (Phi) is 2.95. The van der Waals surface area contributed by atoms with Gasteiger partial charge in [0.25, 0.3) is 0 Å². The molecule has 0 heterocycles. The third kappa shape index (κ3) is 1.88. The first-order valence-electron chi connectivity index (χ1n) is 7.23. The number of aliphatic hydroxyl groups is 1. The average Bonchev–Trinajstić information content (AvgIpc) is 3.19. The summed E-state index contributed by atoms with van der Waals surface area (Å²) < 4.78 is 0. The van der Waals surface area contributed by atoms with Crippen LogP contribution >= 0.6 is 0 Å². The highest BCUT2D eigenvalue weighted by atomic mass is 16.3. The Hall–Kier alpha value is -0.860. The van der Waals surface area contributed by atoms with Crippen LogP contribution in [-0.4, -0.2) is 11.7 Å². The zero-order chi connectivity index (χ0) is 12.6. The molecule has 3 rings (SSSR count). The molecule has 0 unspecified atom stereocenters. The van der Waals surface area contributed by atoms with Crippen LogP contribution < -0.4 is 5.73 Å². The van der Waals surface area contributed by atoms with Gasteiger partial charge in [0.15, 0.2) is 0 Å². The smallest absolute Gasteiger partial charge is 0.0901 e. The molecule has 98 valence electrons. The molecule has 2 heteroatoms. The van der Waals surface area contributed by atoms with E-state index < -0.39 is 5.60 Å². The van der Waals surface area contributed by atoms with Gasteiger partial charge in [-0.05, 0) is 36.8 Å². The summed E-state index contributed by atoms with van der Waals surface area (Å²) in [7, 11) is 0. The van der Waals surface area contributed by atoms with Crippen LogP contribution in [0.25, 0.3) is 0 Å². The first-order valence-corrected chi connectivity index (χ1v) is 7.23. The number of rotatable bonds is 3. The van der Waals surface area contributed by atoms with Crippen LogP contribution in [0, 0.1) is 0 Å². The van der Waals surface area contributed by atoms with E-state index in [1.54, 1.807) is 0 Å². The fraction of sp³-hybridized carbons (Fsp3) is 0.625. The van der Waals surface area contributed by atoms with E-state index in [0.29, 0.717) is 6.54 Å². The van der Waals surface area contributed by atoms with E-state index in [9.17, 15) is 5.11 Å². The minimum atomic E-state index is -0.545. The summed E-state index contributed by atoms with van der Waals surface area (Å²) in [4.78, 5) is 0. The molecule has 0 radical (unpaired) electrons. The second-order valence-corrected chi connectivity index (χ2v) is 6.12. The average molecular weight is 245 g/mol. The summed E-state index contributed by atoms with van der Waals surface area (Å²) in [6.45, 7) is 0.708. The van der Waals surface area contributed by atoms with Crippen LogP contribution in [0.3, 0.4) is 0 Å². The predicted molar refractivity (Wildman–Crippen MR) is 73.4 cm³/mol. The third-order valence-electron chi connectivity index (χ3n) is 4.92. The van der Waals surface area contributed by atoms with Gasteiger partial charge in [-0.1, -0.05) is 43.5 Å². The fourth-order valence-electron chi connectivity index (χ4n) is 3.55. The maximum Gasteiger partial charge on any atom is 0.0901 e. The molecule has 2 saturated carbocycles. The molecule has 0 amide bonds. The van der Waals surface area contributed by atoms with Crippen molar-refractivity contribution in [1.29, 1.82) is 0 Å². The second kappa shape index (κ2) is 4.36. The van der Waals surface area contributed by atoms with Crippen molar-refractivity contribution in [2.75, 3.05) is 6.54 Å². The molecule has 0 aromatic heterocycles. The Morgan fingerprint density at radius 1 is 0.944 bits per heavy atom. The molecular weight excluding hydrogens is 222 g/mol. The number of benzene rings is 1. The van der Waals surface area contributed by atoms with Crippen LogP contribution in [0.15, 0.2) is 24.3 Å². The van der Waals surface area contributed by atoms with E-state index in [1.807, 2.05) is 6.07 Å². The molecule has 1 aromatic rings. The lowest BCUT2D eigenvalue weighted by atomic mass is 9.67. The zero-order valence-electron chi connectivity index (χ0n) is 11.0. The van der Waals surface area contributed by atoms with Gasteiger partial charge >= 0.3 is 0 Å². The molecule has 2 fully saturated rings. The lowest BCUT2D eigenvalue weighted by molar-refractivity contribution is 0.147. The normalized spacial score (nSPS) is 24.8. The van der Waals surface area contributed by atoms with Gasteiger partial charge in [-0.2, -0.15) is 0 Å². The molecule has 18 heavy (non-hydrogen) atoms. The Morgan fingerprint density at radius 3 is 2.11 bits per heavy atom. The van der Waals surface area contributed by atoms with Crippen molar-refractivity contribution in [3.63, 3.8) is 0 Å². The van der Waals surface area contributed by atoms with Gasteiger partial charge in [-0.15, -0.1) is 0 Å². The molecule has 2 aliphatic carbocycles. The van der Waals surface area contributed by atoms with Crippen LogP contribution in [0.2, 0.25) is 0 Å². The highest BCUT2D eigenvalue weighted by Gasteiger charge is 2.46. The molecule has 0 saturated heterocycles. The van der Waals surface area contributed by atoms with Crippen molar-refractivity contribution in [3.8, 4) is 0 Å². The molecule has 3 N–H and O–H groups in total. The molecule has 0 atom stereocenters. The minimum Gasteiger partial charge on any atom is -0.385 e. The van der Waals surface area contributed by atoms with E-state index in [0.717, 1.165) is 18.4 Å². The molecule has 2 nitrogen and oxygen atoms in total. The highest BCUT2D eigenvalue weighted by molar-refractivity contribution is 5.41. The van der Waals surface area contributed by atoms with Crippen LogP contribution in [0.1, 0.15) is 56.1 Å². The van der Waals surface area contributed by atoms with E-state index in [1.165, 1.54) is 37.7 Å². The number of nitrogens with two attached hydrogens (primary N) is 1. The molecule has 0 spiro atoms. The van der Waals surface area contributed by atoms with Gasteiger partial charge < -0.3 is 10.8 Å². The van der Waals surface area contributed by atoms with Crippen molar-refractivity contribution >= 4 is 0 Å². The van der Waals surface area contributed by atoms with Crippen molar-refractivity contribution in [2.24, 2.45) is 5.73 Å². The van der Waals surface area contributed by atoms with Crippen molar-refractivity contribution < 1.29 is 5.11 Å². The zero-order valence-corrected chi connectivity index (χ0v) is 11.0. The first-order chi connectivity index (χ1) is 8.70. The summed E-state index contributed by atoms with van der Waals surface area (Å²) in [6.07, 6.45) is 8.03. The van der Waals surface area contributed by atoms with Crippen LogP contribution in [0.4, 0.5) is 0 Å². The minimum absolute atomic E-state index is 0.118. The number of hydrogen-bond acceptors (Lipinski definition) is 2. The maximum atomic E-state index is 10.5. The van der Waals surface area contributed by atoms with Gasteiger partial charge in [0.2, 0.25) is 0 Å². The molecular formula is C16H23NO. The summed E-state index contributed by atoms with van der Waals surface area (Å²) in [5, 5.41) is 10.5. The molecule has 1 aromatic carbocycles. The number of hydrogen-bond donors (Lipinski definition) is 2. The van der Waals surface area contributed by atoms with Crippen LogP contribution in [-0.2, 0) is 11.0 Å². The Labute approximate surface area is 109 Å². The predicted octanol–water partition coefficient (Wildman–Crippen LogP) is 2.83. The van der Waals surface area contributed by atoms with E-state index in [-0.39, 0.29) is 5.41 Å². The second-order valence-electron chi connectivity index (χ2n) is 6.12. The van der Waals surface area contributed by atoms with E-state index in [2.05, 4.69) is 18.2 Å². The van der Waals surface area contributed by atoms with Crippen molar-refractivity contribution in [2.45, 2.75) is 56.0 Å². The standard InChI is InChI=1S/C16H23NO/c17-12-15(8-4-1-5-9-15)13-6-2-3-7-14(13)16(18)10-11-16/h2-3,6-7,18H,1,4-5,8-12,17H2. The third-order valence-corrected chi connectivity index (χ3v) is 4.92. The molecule has 2 aliphatic rings. The van der Waals surface area contributed by atoms with Crippen molar-refractivity contribution in [3.05, 3.63) is 35.4 Å². The van der Waals surface area contributed by atoms with Gasteiger partial charge in [0.1, 0.15) is 0 Å². The Bertz CT molecular complexity index is 430. The maximum absolute atomic E-state index is 10.5. The molecule has 0 aliphatic heterocycles. The largest absolute Gasteiger partial charge is 0.385 e. The Morgan fingerprint density at radius 2 is 1.56 bits per heavy atom. The van der Waals surface area contributed by atoms with Gasteiger partial charge in [-0.3, -0.25) is 0 Å². The monoisotopic (exact) mass is 245 g/mol. The van der Waals surface area contributed by atoms with E-state index in [4.69, 9.17) is 5.73 Å². The first kappa shape index (κ1) is 12.2. The highest BCUT2D eigenvalue weighted by Crippen LogP contribution is 2.50. The quantitative estimate of drug-likeness (QED) is 0.860. The van der Waals surface area contributed by atoms with Crippen molar-refractivity contribution in [1.82, 2.24) is 0 Å². The lowest BCUT2D eigenvalue weighted by Gasteiger charge is -2.39. The topological polar surface area (TPSA) is 46.2 Å². The van der Waals surface area contributed by atoms with E-state index >= 15 is 0 Å². The van der Waals surface area contributed by atoms with Gasteiger partial charge in [0, 0.05) is 12.0 Å².